The fraction of sp³-hybridized carbons (Fsp3) is 0.0769. The predicted octanol–water partition coefficient (Wildman–Crippen LogP) is 3.69. The van der Waals surface area contributed by atoms with Crippen LogP contribution in [0.25, 0.3) is 0 Å². The first-order chi connectivity index (χ1) is 9.52. The molecule has 1 heterocycles. The molecule has 2 aromatic rings. The second-order valence-corrected chi connectivity index (χ2v) is 5.51. The molecule has 0 spiro atoms. The maximum atomic E-state index is 13.1. The lowest BCUT2D eigenvalue weighted by Crippen LogP contribution is -2.14. The number of hydrogen-bond donors (Lipinski definition) is 1. The van der Waals surface area contributed by atoms with Crippen LogP contribution in [0.3, 0.4) is 0 Å². The molecule has 0 aliphatic heterocycles. The van der Waals surface area contributed by atoms with Gasteiger partial charge in [-0.25, -0.2) is 9.18 Å². The standard InChI is InChI=1S/C13H9BrFNO3S/c1-19-13(18)11-10(4-5-20-11)16-12(17)7-2-3-9(15)8(14)6-7/h2-6H,1H3,(H,16,17). The molecule has 20 heavy (non-hydrogen) atoms. The number of hydrogen-bond acceptors (Lipinski definition) is 4. The van der Waals surface area contributed by atoms with Crippen molar-refractivity contribution in [1.29, 1.82) is 0 Å². The van der Waals surface area contributed by atoms with Gasteiger partial charge in [0, 0.05) is 5.56 Å². The first kappa shape index (κ1) is 14.7. The zero-order chi connectivity index (χ0) is 14.7. The van der Waals surface area contributed by atoms with Crippen molar-refractivity contribution in [3.63, 3.8) is 0 Å². The highest BCUT2D eigenvalue weighted by Gasteiger charge is 2.16. The van der Waals surface area contributed by atoms with Crippen LogP contribution in [0.2, 0.25) is 0 Å². The number of esters is 1. The number of halogens is 2. The lowest BCUT2D eigenvalue weighted by Gasteiger charge is -2.06. The summed E-state index contributed by atoms with van der Waals surface area (Å²) in [6.07, 6.45) is 0. The largest absolute Gasteiger partial charge is 0.465 e. The van der Waals surface area contributed by atoms with E-state index in [9.17, 15) is 14.0 Å². The van der Waals surface area contributed by atoms with E-state index in [1.807, 2.05) is 0 Å². The molecule has 0 atom stereocenters. The molecule has 0 aliphatic carbocycles. The van der Waals surface area contributed by atoms with Gasteiger partial charge in [-0.1, -0.05) is 0 Å². The Labute approximate surface area is 126 Å². The second kappa shape index (κ2) is 6.15. The van der Waals surface area contributed by atoms with E-state index in [0.717, 1.165) is 0 Å². The second-order valence-electron chi connectivity index (χ2n) is 3.74. The van der Waals surface area contributed by atoms with Crippen LogP contribution in [0.5, 0.6) is 0 Å². The summed E-state index contributed by atoms with van der Waals surface area (Å²) in [6, 6.07) is 5.52. The van der Waals surface area contributed by atoms with Crippen molar-refractivity contribution in [2.45, 2.75) is 0 Å². The minimum Gasteiger partial charge on any atom is -0.465 e. The highest BCUT2D eigenvalue weighted by atomic mass is 79.9. The van der Waals surface area contributed by atoms with Crippen LogP contribution in [0.4, 0.5) is 10.1 Å². The molecular formula is C13H9BrFNO3S. The zero-order valence-electron chi connectivity index (χ0n) is 10.3. The summed E-state index contributed by atoms with van der Waals surface area (Å²) >= 11 is 4.18. The van der Waals surface area contributed by atoms with Gasteiger partial charge in [0.05, 0.1) is 17.3 Å². The van der Waals surface area contributed by atoms with Crippen LogP contribution < -0.4 is 5.32 Å². The van der Waals surface area contributed by atoms with Crippen molar-refractivity contribution in [3.8, 4) is 0 Å². The summed E-state index contributed by atoms with van der Waals surface area (Å²) in [7, 11) is 1.27. The van der Waals surface area contributed by atoms with Gasteiger partial charge in [-0.15, -0.1) is 11.3 Å². The highest BCUT2D eigenvalue weighted by molar-refractivity contribution is 9.10. The van der Waals surface area contributed by atoms with Crippen LogP contribution >= 0.6 is 27.3 Å². The van der Waals surface area contributed by atoms with Gasteiger partial charge in [-0.05, 0) is 45.6 Å². The number of carbonyl (C=O) groups is 2. The number of thiophene rings is 1. The molecule has 4 nitrogen and oxygen atoms in total. The Hall–Kier alpha value is -1.73. The van der Waals surface area contributed by atoms with Crippen molar-refractivity contribution in [3.05, 3.63) is 50.4 Å². The van der Waals surface area contributed by atoms with Crippen LogP contribution in [0, 0.1) is 5.82 Å². The van der Waals surface area contributed by atoms with Crippen LogP contribution in [0.15, 0.2) is 34.1 Å². The Morgan fingerprint density at radius 1 is 1.35 bits per heavy atom. The van der Waals surface area contributed by atoms with Gasteiger partial charge in [0.1, 0.15) is 10.7 Å². The fourth-order valence-electron chi connectivity index (χ4n) is 1.49. The molecule has 0 aliphatic rings. The number of carbonyl (C=O) groups excluding carboxylic acids is 2. The van der Waals surface area contributed by atoms with Crippen molar-refractivity contribution in [1.82, 2.24) is 0 Å². The van der Waals surface area contributed by atoms with E-state index in [4.69, 9.17) is 0 Å². The lowest BCUT2D eigenvalue weighted by molar-refractivity contribution is 0.0607. The average molecular weight is 358 g/mol. The number of ether oxygens (including phenoxy) is 1. The molecule has 1 amide bonds. The van der Waals surface area contributed by atoms with Crippen LogP contribution in [-0.2, 0) is 4.74 Å². The van der Waals surface area contributed by atoms with E-state index >= 15 is 0 Å². The monoisotopic (exact) mass is 357 g/mol. The highest BCUT2D eigenvalue weighted by Crippen LogP contribution is 2.24. The van der Waals surface area contributed by atoms with Gasteiger partial charge in [-0.3, -0.25) is 4.79 Å². The Morgan fingerprint density at radius 3 is 2.75 bits per heavy atom. The number of benzene rings is 1. The Kier molecular flexibility index (Phi) is 4.51. The Bertz CT molecular complexity index is 671. The van der Waals surface area contributed by atoms with Crippen LogP contribution in [-0.4, -0.2) is 19.0 Å². The summed E-state index contributed by atoms with van der Waals surface area (Å²) in [5.41, 5.74) is 0.646. The minimum atomic E-state index is -0.518. The molecule has 1 aromatic heterocycles. The van der Waals surface area contributed by atoms with Crippen molar-refractivity contribution in [2.24, 2.45) is 0 Å². The molecule has 0 radical (unpaired) electrons. The molecule has 0 unspecified atom stereocenters. The zero-order valence-corrected chi connectivity index (χ0v) is 12.7. The summed E-state index contributed by atoms with van der Waals surface area (Å²) in [5, 5.41) is 4.27. The third-order valence-corrected chi connectivity index (χ3v) is 3.97. The smallest absolute Gasteiger partial charge is 0.350 e. The third-order valence-electron chi connectivity index (χ3n) is 2.47. The summed E-state index contributed by atoms with van der Waals surface area (Å²) in [5.74, 6) is -1.41. The summed E-state index contributed by atoms with van der Waals surface area (Å²) in [6.45, 7) is 0. The Balaban J connectivity index is 2.22. The van der Waals surface area contributed by atoms with Gasteiger partial charge in [0.2, 0.25) is 0 Å². The first-order valence-electron chi connectivity index (χ1n) is 5.45. The van der Waals surface area contributed by atoms with E-state index < -0.39 is 17.7 Å². The maximum Gasteiger partial charge on any atom is 0.350 e. The number of amides is 1. The summed E-state index contributed by atoms with van der Waals surface area (Å²) in [4.78, 5) is 23.8. The van der Waals surface area contributed by atoms with Gasteiger partial charge >= 0.3 is 5.97 Å². The molecule has 0 bridgehead atoms. The van der Waals surface area contributed by atoms with Crippen molar-refractivity contribution >= 4 is 44.8 Å². The average Bonchev–Trinajstić information content (AvgIpc) is 2.89. The molecule has 104 valence electrons. The van der Waals surface area contributed by atoms with E-state index in [1.54, 1.807) is 11.4 Å². The normalized spacial score (nSPS) is 10.2. The number of nitrogens with one attached hydrogen (secondary N) is 1. The quantitative estimate of drug-likeness (QED) is 0.852. The molecule has 0 saturated heterocycles. The topological polar surface area (TPSA) is 55.4 Å². The number of rotatable bonds is 3. The fourth-order valence-corrected chi connectivity index (χ4v) is 2.63. The van der Waals surface area contributed by atoms with Gasteiger partial charge in [0.15, 0.2) is 0 Å². The maximum absolute atomic E-state index is 13.1. The number of methoxy groups -OCH3 is 1. The van der Waals surface area contributed by atoms with E-state index in [2.05, 4.69) is 26.0 Å². The van der Waals surface area contributed by atoms with E-state index in [1.165, 1.54) is 36.6 Å². The Morgan fingerprint density at radius 2 is 2.10 bits per heavy atom. The molecule has 1 N–H and O–H groups in total. The predicted molar refractivity (Wildman–Crippen MR) is 77.7 cm³/mol. The first-order valence-corrected chi connectivity index (χ1v) is 7.12. The molecule has 0 fully saturated rings. The van der Waals surface area contributed by atoms with Gasteiger partial charge in [-0.2, -0.15) is 0 Å². The number of anilines is 1. The van der Waals surface area contributed by atoms with Crippen LogP contribution in [0.1, 0.15) is 20.0 Å². The lowest BCUT2D eigenvalue weighted by atomic mass is 10.2. The molecular weight excluding hydrogens is 349 g/mol. The summed E-state index contributed by atoms with van der Waals surface area (Å²) < 4.78 is 17.9. The molecule has 7 heteroatoms. The van der Waals surface area contributed by atoms with E-state index in [0.29, 0.717) is 10.6 Å². The van der Waals surface area contributed by atoms with Gasteiger partial charge in [0.25, 0.3) is 5.91 Å². The van der Waals surface area contributed by atoms with Crippen molar-refractivity contribution < 1.29 is 18.7 Å². The third kappa shape index (κ3) is 3.05. The molecule has 1 aromatic carbocycles. The SMILES string of the molecule is COC(=O)c1sccc1NC(=O)c1ccc(F)c(Br)c1. The molecule has 0 saturated carbocycles. The van der Waals surface area contributed by atoms with E-state index in [-0.39, 0.29) is 10.0 Å². The van der Waals surface area contributed by atoms with Gasteiger partial charge < -0.3 is 10.1 Å². The minimum absolute atomic E-state index is 0.198. The van der Waals surface area contributed by atoms with Crippen molar-refractivity contribution in [2.75, 3.05) is 12.4 Å². The molecule has 2 rings (SSSR count).